The Morgan fingerprint density at radius 2 is 2.00 bits per heavy atom. The average Bonchev–Trinajstić information content (AvgIpc) is 2.50. The van der Waals surface area contributed by atoms with E-state index in [1.807, 2.05) is 19.1 Å². The Morgan fingerprint density at radius 1 is 1.32 bits per heavy atom. The number of ether oxygens (including phenoxy) is 1. The molecule has 0 heterocycles. The Hall–Kier alpha value is -1.56. The second-order valence-corrected chi connectivity index (χ2v) is 6.54. The first kappa shape index (κ1) is 16.8. The van der Waals surface area contributed by atoms with Crippen LogP contribution in [0.3, 0.4) is 0 Å². The van der Waals surface area contributed by atoms with Crippen LogP contribution in [-0.2, 0) is 9.59 Å². The fourth-order valence-corrected chi connectivity index (χ4v) is 3.15. The van der Waals surface area contributed by atoms with Gasteiger partial charge in [-0.25, -0.2) is 0 Å². The molecule has 2 unspecified atom stereocenters. The number of carboxylic acid groups (broad SMARTS) is 1. The molecular formula is C16H20BrNO4. The molecule has 1 saturated carbocycles. The summed E-state index contributed by atoms with van der Waals surface area (Å²) in [4.78, 5) is 23.5. The number of nitrogens with one attached hydrogen (secondary N) is 1. The van der Waals surface area contributed by atoms with E-state index in [-0.39, 0.29) is 11.8 Å². The van der Waals surface area contributed by atoms with E-state index in [2.05, 4.69) is 21.2 Å². The molecule has 0 aliphatic heterocycles. The van der Waals surface area contributed by atoms with Gasteiger partial charge in [0.1, 0.15) is 5.75 Å². The third-order valence-corrected chi connectivity index (χ3v) is 4.99. The van der Waals surface area contributed by atoms with Crippen LogP contribution in [0.5, 0.6) is 5.75 Å². The van der Waals surface area contributed by atoms with Gasteiger partial charge in [-0.15, -0.1) is 0 Å². The Morgan fingerprint density at radius 3 is 2.64 bits per heavy atom. The van der Waals surface area contributed by atoms with Gasteiger partial charge in [-0.05, 0) is 43.9 Å². The van der Waals surface area contributed by atoms with E-state index in [0.717, 1.165) is 22.9 Å². The molecule has 1 aliphatic carbocycles. The van der Waals surface area contributed by atoms with Crippen LogP contribution < -0.4 is 10.1 Å². The van der Waals surface area contributed by atoms with Gasteiger partial charge in [0.15, 0.2) is 0 Å². The molecule has 0 aromatic heterocycles. The molecule has 2 atom stereocenters. The molecule has 0 spiro atoms. The highest BCUT2D eigenvalue weighted by Gasteiger charge is 2.31. The smallest absolute Gasteiger partial charge is 0.306 e. The van der Waals surface area contributed by atoms with Crippen molar-refractivity contribution in [3.05, 3.63) is 22.2 Å². The molecule has 0 saturated heterocycles. The summed E-state index contributed by atoms with van der Waals surface area (Å²) < 4.78 is 6.18. The van der Waals surface area contributed by atoms with Gasteiger partial charge in [-0.1, -0.05) is 22.4 Å². The van der Waals surface area contributed by atoms with Crippen molar-refractivity contribution in [2.45, 2.75) is 32.6 Å². The number of methoxy groups -OCH3 is 1. The van der Waals surface area contributed by atoms with E-state index in [1.165, 1.54) is 0 Å². The Kier molecular flexibility index (Phi) is 5.45. The summed E-state index contributed by atoms with van der Waals surface area (Å²) in [6.45, 7) is 1.94. The number of carboxylic acids is 1. The minimum absolute atomic E-state index is 0.139. The van der Waals surface area contributed by atoms with Crippen LogP contribution in [0, 0.1) is 18.8 Å². The van der Waals surface area contributed by atoms with Gasteiger partial charge in [-0.2, -0.15) is 0 Å². The zero-order valence-electron chi connectivity index (χ0n) is 12.7. The number of rotatable bonds is 4. The van der Waals surface area contributed by atoms with Gasteiger partial charge in [0, 0.05) is 10.4 Å². The molecule has 1 aromatic rings. The van der Waals surface area contributed by atoms with Gasteiger partial charge in [0.25, 0.3) is 0 Å². The second-order valence-electron chi connectivity index (χ2n) is 5.69. The fraction of sp³-hybridized carbons (Fsp3) is 0.500. The molecule has 22 heavy (non-hydrogen) atoms. The first-order valence-corrected chi connectivity index (χ1v) is 8.09. The number of aliphatic carboxylic acids is 1. The maximum atomic E-state index is 12.4. The quantitative estimate of drug-likeness (QED) is 0.849. The summed E-state index contributed by atoms with van der Waals surface area (Å²) in [5, 5.41) is 12.0. The van der Waals surface area contributed by atoms with Crippen LogP contribution in [0.2, 0.25) is 0 Å². The van der Waals surface area contributed by atoms with Crippen LogP contribution in [0.15, 0.2) is 16.6 Å². The molecule has 1 aliphatic rings. The first-order chi connectivity index (χ1) is 10.4. The summed E-state index contributed by atoms with van der Waals surface area (Å²) in [6, 6.07) is 3.66. The number of carbonyl (C=O) groups excluding carboxylic acids is 1. The molecule has 0 bridgehead atoms. The summed E-state index contributed by atoms with van der Waals surface area (Å²) >= 11 is 3.44. The monoisotopic (exact) mass is 369 g/mol. The van der Waals surface area contributed by atoms with E-state index < -0.39 is 11.9 Å². The summed E-state index contributed by atoms with van der Waals surface area (Å²) in [5.41, 5.74) is 1.61. The Bertz CT molecular complexity index is 588. The first-order valence-electron chi connectivity index (χ1n) is 7.30. The predicted molar refractivity (Wildman–Crippen MR) is 87.1 cm³/mol. The topological polar surface area (TPSA) is 75.6 Å². The van der Waals surface area contributed by atoms with Crippen LogP contribution in [0.25, 0.3) is 0 Å². The molecule has 5 nitrogen and oxygen atoms in total. The maximum Gasteiger partial charge on any atom is 0.306 e. The van der Waals surface area contributed by atoms with Crippen molar-refractivity contribution in [2.24, 2.45) is 11.8 Å². The lowest BCUT2D eigenvalue weighted by Gasteiger charge is -2.26. The van der Waals surface area contributed by atoms with Crippen LogP contribution >= 0.6 is 15.9 Å². The number of carbonyl (C=O) groups is 2. The molecule has 1 amide bonds. The number of halogens is 1. The zero-order chi connectivity index (χ0) is 16.3. The molecule has 6 heteroatoms. The molecule has 2 rings (SSSR count). The minimum Gasteiger partial charge on any atom is -0.495 e. The van der Waals surface area contributed by atoms with E-state index in [9.17, 15) is 9.59 Å². The average molecular weight is 370 g/mol. The van der Waals surface area contributed by atoms with Gasteiger partial charge >= 0.3 is 5.97 Å². The van der Waals surface area contributed by atoms with Crippen molar-refractivity contribution >= 4 is 33.5 Å². The number of aryl methyl sites for hydroxylation is 1. The van der Waals surface area contributed by atoms with Crippen LogP contribution in [-0.4, -0.2) is 24.1 Å². The standard InChI is InChI=1S/C16H20BrNO4/c1-9-6-14(22-2)13(8-12(9)17)18-15(19)10-4-3-5-11(7-10)16(20)21/h6,8,10-11H,3-5,7H2,1-2H3,(H,18,19)(H,20,21). The lowest BCUT2D eigenvalue weighted by molar-refractivity contribution is -0.143. The van der Waals surface area contributed by atoms with Crippen molar-refractivity contribution in [3.63, 3.8) is 0 Å². The van der Waals surface area contributed by atoms with E-state index in [1.54, 1.807) is 7.11 Å². The van der Waals surface area contributed by atoms with E-state index >= 15 is 0 Å². The Balaban J connectivity index is 2.11. The number of hydrogen-bond acceptors (Lipinski definition) is 3. The third kappa shape index (κ3) is 3.80. The third-order valence-electron chi connectivity index (χ3n) is 4.13. The molecular weight excluding hydrogens is 350 g/mol. The van der Waals surface area contributed by atoms with Crippen LogP contribution in [0.1, 0.15) is 31.2 Å². The van der Waals surface area contributed by atoms with Gasteiger partial charge < -0.3 is 15.2 Å². The molecule has 120 valence electrons. The molecule has 1 aromatic carbocycles. The fourth-order valence-electron chi connectivity index (χ4n) is 2.81. The predicted octanol–water partition coefficient (Wildman–Crippen LogP) is 3.60. The van der Waals surface area contributed by atoms with Gasteiger partial charge in [-0.3, -0.25) is 9.59 Å². The lowest BCUT2D eigenvalue weighted by atomic mass is 9.81. The maximum absolute atomic E-state index is 12.4. The van der Waals surface area contributed by atoms with Crippen molar-refractivity contribution in [1.82, 2.24) is 0 Å². The number of amides is 1. The number of hydrogen-bond donors (Lipinski definition) is 2. The second kappa shape index (κ2) is 7.13. The molecule has 0 radical (unpaired) electrons. The summed E-state index contributed by atoms with van der Waals surface area (Å²) in [6.07, 6.45) is 2.55. The molecule has 2 N–H and O–H groups in total. The SMILES string of the molecule is COc1cc(C)c(Br)cc1NC(=O)C1CCCC(C(=O)O)C1. The van der Waals surface area contributed by atoms with Crippen molar-refractivity contribution in [2.75, 3.05) is 12.4 Å². The van der Waals surface area contributed by atoms with Crippen molar-refractivity contribution in [3.8, 4) is 5.75 Å². The minimum atomic E-state index is -0.812. The molecule has 1 fully saturated rings. The Labute approximate surface area is 138 Å². The van der Waals surface area contributed by atoms with E-state index in [0.29, 0.717) is 24.3 Å². The van der Waals surface area contributed by atoms with Crippen molar-refractivity contribution < 1.29 is 19.4 Å². The van der Waals surface area contributed by atoms with Gasteiger partial charge in [0.2, 0.25) is 5.91 Å². The van der Waals surface area contributed by atoms with E-state index in [4.69, 9.17) is 9.84 Å². The lowest BCUT2D eigenvalue weighted by Crippen LogP contribution is -2.31. The summed E-state index contributed by atoms with van der Waals surface area (Å²) in [5.74, 6) is -1.04. The highest BCUT2D eigenvalue weighted by atomic mass is 79.9. The summed E-state index contributed by atoms with van der Waals surface area (Å²) in [7, 11) is 1.55. The highest BCUT2D eigenvalue weighted by molar-refractivity contribution is 9.10. The van der Waals surface area contributed by atoms with Gasteiger partial charge in [0.05, 0.1) is 18.7 Å². The number of anilines is 1. The zero-order valence-corrected chi connectivity index (χ0v) is 14.3. The van der Waals surface area contributed by atoms with Crippen molar-refractivity contribution in [1.29, 1.82) is 0 Å². The largest absolute Gasteiger partial charge is 0.495 e. The highest BCUT2D eigenvalue weighted by Crippen LogP contribution is 2.34. The number of benzene rings is 1. The normalized spacial score (nSPS) is 21.2. The van der Waals surface area contributed by atoms with Crippen LogP contribution in [0.4, 0.5) is 5.69 Å².